The standard InChI is InChI=1S/C26H27.3Y/c1-5-19(2)24-16-25(20(3)22-12-8-6-9-13-22)18-26(17-24)21(4)23-14-10-7-11-15-23;;;/h8-17,19-21H,5H2,1-4H3;;;/q-3;;;. The first kappa shape index (κ1) is 30.0. The van der Waals surface area contributed by atoms with Gasteiger partial charge in [-0.3, -0.25) is 0 Å². The number of rotatable bonds is 6. The molecule has 0 aliphatic heterocycles. The summed E-state index contributed by atoms with van der Waals surface area (Å²) >= 11 is 0. The molecule has 143 valence electrons. The summed E-state index contributed by atoms with van der Waals surface area (Å²) in [6, 6.07) is 31.3. The van der Waals surface area contributed by atoms with E-state index in [1.807, 2.05) is 24.3 Å². The van der Waals surface area contributed by atoms with E-state index in [1.54, 1.807) is 0 Å². The van der Waals surface area contributed by atoms with Crippen molar-refractivity contribution in [1.82, 2.24) is 0 Å². The molecule has 3 aromatic carbocycles. The summed E-state index contributed by atoms with van der Waals surface area (Å²) in [6.45, 7) is 9.11. The molecule has 0 fully saturated rings. The quantitative estimate of drug-likeness (QED) is 0.268. The number of hydrogen-bond donors (Lipinski definition) is 0. The maximum atomic E-state index is 3.74. The van der Waals surface area contributed by atoms with Crippen molar-refractivity contribution < 1.29 is 98.1 Å². The Bertz CT molecular complexity index is 767. The van der Waals surface area contributed by atoms with E-state index in [0.717, 1.165) is 6.42 Å². The van der Waals surface area contributed by atoms with Crippen LogP contribution in [0.15, 0.2) is 60.7 Å². The first-order valence-corrected chi connectivity index (χ1v) is 9.59. The van der Waals surface area contributed by atoms with Gasteiger partial charge in [-0.05, 0) is 17.8 Å². The zero-order valence-corrected chi connectivity index (χ0v) is 26.5. The van der Waals surface area contributed by atoms with E-state index in [-0.39, 0.29) is 98.1 Å². The van der Waals surface area contributed by atoms with Gasteiger partial charge in [0, 0.05) is 98.1 Å². The molecule has 0 heterocycles. The first-order chi connectivity index (χ1) is 12.6. The fourth-order valence-corrected chi connectivity index (χ4v) is 3.36. The summed E-state index contributed by atoms with van der Waals surface area (Å²) in [5, 5.41) is 0. The molecule has 3 atom stereocenters. The van der Waals surface area contributed by atoms with Gasteiger partial charge in [-0.2, -0.15) is 107 Å². The van der Waals surface area contributed by atoms with E-state index in [4.69, 9.17) is 0 Å². The summed E-state index contributed by atoms with van der Waals surface area (Å²) < 4.78 is 0. The fraction of sp³-hybridized carbons (Fsp3) is 0.308. The van der Waals surface area contributed by atoms with E-state index in [0.29, 0.717) is 17.8 Å². The Morgan fingerprint density at radius 1 is 0.655 bits per heavy atom. The molecule has 3 radical (unpaired) electrons. The fourth-order valence-electron chi connectivity index (χ4n) is 3.36. The van der Waals surface area contributed by atoms with E-state index in [2.05, 4.69) is 82.3 Å². The van der Waals surface area contributed by atoms with E-state index >= 15 is 0 Å². The molecule has 3 rings (SSSR count). The smallest absolute Gasteiger partial charge is 0 e. The van der Waals surface area contributed by atoms with Crippen LogP contribution in [0.3, 0.4) is 0 Å². The molecule has 0 N–H and O–H groups in total. The van der Waals surface area contributed by atoms with Crippen molar-refractivity contribution in [2.75, 3.05) is 0 Å². The second kappa shape index (κ2) is 14.9. The molecule has 3 aromatic rings. The molecule has 0 bridgehead atoms. The van der Waals surface area contributed by atoms with Gasteiger partial charge in [0.05, 0.1) is 0 Å². The maximum absolute atomic E-state index is 3.74. The van der Waals surface area contributed by atoms with Gasteiger partial charge < -0.3 is 0 Å². The van der Waals surface area contributed by atoms with Crippen LogP contribution < -0.4 is 0 Å². The van der Waals surface area contributed by atoms with Crippen LogP contribution in [0.2, 0.25) is 0 Å². The van der Waals surface area contributed by atoms with E-state index < -0.39 is 0 Å². The average molecular weight is 606 g/mol. The summed E-state index contributed by atoms with van der Waals surface area (Å²) in [7, 11) is 0. The number of benzene rings is 3. The van der Waals surface area contributed by atoms with Crippen LogP contribution in [0.25, 0.3) is 0 Å². The van der Waals surface area contributed by atoms with Crippen molar-refractivity contribution in [2.45, 2.75) is 51.9 Å². The van der Waals surface area contributed by atoms with Gasteiger partial charge in [0.1, 0.15) is 0 Å². The monoisotopic (exact) mass is 606 g/mol. The predicted molar refractivity (Wildman–Crippen MR) is 110 cm³/mol. The minimum atomic E-state index is 0. The van der Waals surface area contributed by atoms with Crippen LogP contribution in [0, 0.1) is 18.2 Å². The summed E-state index contributed by atoms with van der Waals surface area (Å²) in [4.78, 5) is 0. The van der Waals surface area contributed by atoms with Crippen LogP contribution in [0.1, 0.15) is 79.7 Å². The van der Waals surface area contributed by atoms with Crippen LogP contribution in [0.5, 0.6) is 0 Å². The van der Waals surface area contributed by atoms with Crippen LogP contribution >= 0.6 is 0 Å². The van der Waals surface area contributed by atoms with Crippen molar-refractivity contribution in [3.05, 3.63) is 107 Å². The second-order valence-electron chi connectivity index (χ2n) is 7.24. The van der Waals surface area contributed by atoms with Crippen molar-refractivity contribution in [3.63, 3.8) is 0 Å². The largest absolute Gasteiger partial charge is 0.184 e. The third-order valence-electron chi connectivity index (χ3n) is 5.54. The second-order valence-corrected chi connectivity index (χ2v) is 7.24. The van der Waals surface area contributed by atoms with Gasteiger partial charge in [0.2, 0.25) is 0 Å². The molecular formula is C26H27Y3-3. The molecule has 29 heavy (non-hydrogen) atoms. The Balaban J connectivity index is 0.00000261. The molecule has 0 spiro atoms. The first-order valence-electron chi connectivity index (χ1n) is 9.59. The zero-order chi connectivity index (χ0) is 18.5. The molecule has 0 nitrogen and oxygen atoms in total. The van der Waals surface area contributed by atoms with Crippen molar-refractivity contribution >= 4 is 0 Å². The zero-order valence-electron chi connectivity index (χ0n) is 17.9. The van der Waals surface area contributed by atoms with Gasteiger partial charge in [-0.25, -0.2) is 0 Å². The molecule has 3 unspecified atom stereocenters. The van der Waals surface area contributed by atoms with Crippen molar-refractivity contribution in [1.29, 1.82) is 0 Å². The van der Waals surface area contributed by atoms with Crippen LogP contribution in [0.4, 0.5) is 0 Å². The van der Waals surface area contributed by atoms with E-state index in [1.165, 1.54) is 27.8 Å². The molecule has 0 aliphatic carbocycles. The summed E-state index contributed by atoms with van der Waals surface area (Å²) in [6.07, 6.45) is 1.15. The SMILES string of the molecule is CCC(C)c1cc(C(C)c2cc[c-]cc2)[c-]c(C(C)c2cc[c-]cc2)c1.[Y].[Y].[Y]. The Labute approximate surface area is 253 Å². The topological polar surface area (TPSA) is 0 Å². The summed E-state index contributed by atoms with van der Waals surface area (Å²) in [5.74, 6) is 1.20. The van der Waals surface area contributed by atoms with Crippen molar-refractivity contribution in [3.8, 4) is 0 Å². The molecule has 0 saturated heterocycles. The van der Waals surface area contributed by atoms with E-state index in [9.17, 15) is 0 Å². The van der Waals surface area contributed by atoms with Gasteiger partial charge >= 0.3 is 0 Å². The minimum Gasteiger partial charge on any atom is -0.184 e. The molecular weight excluding hydrogens is 579 g/mol. The maximum Gasteiger partial charge on any atom is 0 e. The van der Waals surface area contributed by atoms with Gasteiger partial charge in [0.25, 0.3) is 0 Å². The van der Waals surface area contributed by atoms with Crippen LogP contribution in [-0.4, -0.2) is 0 Å². The van der Waals surface area contributed by atoms with Crippen LogP contribution in [-0.2, 0) is 98.1 Å². The van der Waals surface area contributed by atoms with Gasteiger partial charge in [-0.15, -0.1) is 0 Å². The average Bonchev–Trinajstić information content (AvgIpc) is 2.73. The molecule has 0 amide bonds. The molecule has 0 saturated carbocycles. The van der Waals surface area contributed by atoms with Crippen molar-refractivity contribution in [2.24, 2.45) is 0 Å². The normalized spacial score (nSPS) is 13.1. The number of hydrogen-bond acceptors (Lipinski definition) is 0. The molecule has 0 aliphatic rings. The Hall–Kier alpha value is 0.972. The Morgan fingerprint density at radius 2 is 1.03 bits per heavy atom. The Morgan fingerprint density at radius 3 is 1.38 bits per heavy atom. The van der Waals surface area contributed by atoms with Gasteiger partial charge in [-0.1, -0.05) is 34.1 Å². The third-order valence-corrected chi connectivity index (χ3v) is 5.54. The minimum absolute atomic E-state index is 0. The summed E-state index contributed by atoms with van der Waals surface area (Å²) in [5.41, 5.74) is 6.60. The molecule has 0 aromatic heterocycles. The van der Waals surface area contributed by atoms with Gasteiger partial charge in [0.15, 0.2) is 0 Å². The third kappa shape index (κ3) is 8.11. The Kier molecular flexibility index (Phi) is 15.4. The predicted octanol–water partition coefficient (Wildman–Crippen LogP) is 6.90. The molecule has 3 heteroatoms.